The van der Waals surface area contributed by atoms with Crippen molar-refractivity contribution in [3.05, 3.63) is 34.6 Å². The van der Waals surface area contributed by atoms with Crippen molar-refractivity contribution < 1.29 is 23.4 Å². The molecule has 0 aromatic carbocycles. The first-order valence-corrected chi connectivity index (χ1v) is 11.5. The summed E-state index contributed by atoms with van der Waals surface area (Å²) in [7, 11) is 0. The molecule has 3 atom stereocenters. The molecule has 0 aromatic heterocycles. The number of hydrogen-bond donors (Lipinski definition) is 3. The summed E-state index contributed by atoms with van der Waals surface area (Å²) in [5, 5.41) is 24.6. The van der Waals surface area contributed by atoms with Crippen molar-refractivity contribution in [2.75, 3.05) is 0 Å². The van der Waals surface area contributed by atoms with Gasteiger partial charge in [-0.15, -0.1) is 0 Å². The Kier molecular flexibility index (Phi) is 6.13. The standard InChI is InChI=1S/C24H32F3N3O2/c1-13-10-18(23(32)8-6-19(31)7-9-23)12-20-21(13)29-15(3)30-22(20)28-14(2)16-4-5-17(11-16)24(25,26)27/h10-11,14,16,19-20,31-32H,4-9,12H2,1-3H3,(H,28,29,30). The summed E-state index contributed by atoms with van der Waals surface area (Å²) in [5.74, 6) is 0.937. The lowest BCUT2D eigenvalue weighted by atomic mass is 9.72. The number of halogens is 3. The normalized spacial score (nSPS) is 34.3. The van der Waals surface area contributed by atoms with Crippen molar-refractivity contribution in [3.63, 3.8) is 0 Å². The van der Waals surface area contributed by atoms with Crippen molar-refractivity contribution in [2.24, 2.45) is 21.8 Å². The number of aliphatic imine (C=N–C) groups is 2. The number of hydrogen-bond acceptors (Lipinski definition) is 5. The Morgan fingerprint density at radius 1 is 1.16 bits per heavy atom. The molecule has 0 radical (unpaired) electrons. The maximum absolute atomic E-state index is 13.1. The third kappa shape index (κ3) is 4.57. The van der Waals surface area contributed by atoms with E-state index in [-0.39, 0.29) is 30.4 Å². The number of fused-ring (bicyclic) bond motifs is 1. The molecule has 1 fully saturated rings. The lowest BCUT2D eigenvalue weighted by Crippen LogP contribution is -2.45. The maximum atomic E-state index is 13.1. The Hall–Kier alpha value is -1.93. The predicted molar refractivity (Wildman–Crippen MR) is 118 cm³/mol. The summed E-state index contributed by atoms with van der Waals surface area (Å²) in [6, 6.07) is -0.205. The van der Waals surface area contributed by atoms with E-state index in [1.165, 1.54) is 6.08 Å². The maximum Gasteiger partial charge on any atom is 0.412 e. The summed E-state index contributed by atoms with van der Waals surface area (Å²) in [4.78, 5) is 9.27. The van der Waals surface area contributed by atoms with Crippen LogP contribution < -0.4 is 5.32 Å². The summed E-state index contributed by atoms with van der Waals surface area (Å²) in [6.45, 7) is 5.69. The third-order valence-corrected chi connectivity index (χ3v) is 7.37. The lowest BCUT2D eigenvalue weighted by Gasteiger charge is -2.40. The van der Waals surface area contributed by atoms with E-state index >= 15 is 0 Å². The quantitative estimate of drug-likeness (QED) is 0.550. The molecule has 0 amide bonds. The van der Waals surface area contributed by atoms with Crippen molar-refractivity contribution in [1.29, 1.82) is 0 Å². The summed E-state index contributed by atoms with van der Waals surface area (Å²) in [5.41, 5.74) is 1.40. The van der Waals surface area contributed by atoms with E-state index in [0.29, 0.717) is 50.2 Å². The molecular weight excluding hydrogens is 419 g/mol. The zero-order valence-electron chi connectivity index (χ0n) is 18.8. The van der Waals surface area contributed by atoms with E-state index in [9.17, 15) is 23.4 Å². The van der Waals surface area contributed by atoms with Gasteiger partial charge in [0.25, 0.3) is 0 Å². The van der Waals surface area contributed by atoms with E-state index in [0.717, 1.165) is 16.8 Å². The van der Waals surface area contributed by atoms with E-state index in [1.54, 1.807) is 0 Å². The topological polar surface area (TPSA) is 77.2 Å². The van der Waals surface area contributed by atoms with E-state index in [2.05, 4.69) is 15.3 Å². The highest BCUT2D eigenvalue weighted by Gasteiger charge is 2.42. The van der Waals surface area contributed by atoms with Gasteiger partial charge in [0.2, 0.25) is 0 Å². The molecule has 3 N–H and O–H groups in total. The molecule has 176 valence electrons. The minimum Gasteiger partial charge on any atom is -0.393 e. The van der Waals surface area contributed by atoms with Crippen molar-refractivity contribution >= 4 is 11.7 Å². The highest BCUT2D eigenvalue weighted by molar-refractivity contribution is 6.02. The van der Waals surface area contributed by atoms with Gasteiger partial charge in [-0.3, -0.25) is 0 Å². The molecular formula is C24H32F3N3O2. The van der Waals surface area contributed by atoms with Crippen LogP contribution >= 0.6 is 0 Å². The van der Waals surface area contributed by atoms with Gasteiger partial charge < -0.3 is 15.5 Å². The van der Waals surface area contributed by atoms with E-state index < -0.39 is 17.4 Å². The second kappa shape index (κ2) is 8.45. The van der Waals surface area contributed by atoms with E-state index in [4.69, 9.17) is 0 Å². The van der Waals surface area contributed by atoms with Gasteiger partial charge in [-0.25, -0.2) is 9.98 Å². The number of rotatable bonds is 3. The fourth-order valence-electron chi connectivity index (χ4n) is 5.41. The minimum absolute atomic E-state index is 0.0482. The Morgan fingerprint density at radius 3 is 2.47 bits per heavy atom. The molecule has 0 aromatic rings. The lowest BCUT2D eigenvalue weighted by molar-refractivity contribution is -0.0931. The Balaban J connectivity index is 1.55. The van der Waals surface area contributed by atoms with Crippen LogP contribution in [0.5, 0.6) is 0 Å². The average molecular weight is 452 g/mol. The van der Waals surface area contributed by atoms with Crippen LogP contribution in [0.2, 0.25) is 0 Å². The third-order valence-electron chi connectivity index (χ3n) is 7.37. The van der Waals surface area contributed by atoms with Crippen LogP contribution in [0, 0.1) is 11.8 Å². The zero-order chi connectivity index (χ0) is 23.3. The summed E-state index contributed by atoms with van der Waals surface area (Å²) < 4.78 is 39.2. The largest absolute Gasteiger partial charge is 0.412 e. The van der Waals surface area contributed by atoms with Crippen LogP contribution in [0.3, 0.4) is 0 Å². The van der Waals surface area contributed by atoms with Gasteiger partial charge >= 0.3 is 6.18 Å². The van der Waals surface area contributed by atoms with Gasteiger partial charge in [-0.05, 0) is 82.8 Å². The van der Waals surface area contributed by atoms with Gasteiger partial charge in [-0.2, -0.15) is 13.2 Å². The molecule has 3 aliphatic carbocycles. The first kappa shape index (κ1) is 23.2. The van der Waals surface area contributed by atoms with Crippen LogP contribution in [0.4, 0.5) is 13.2 Å². The van der Waals surface area contributed by atoms with Crippen molar-refractivity contribution in [2.45, 2.75) is 89.6 Å². The number of alkyl halides is 3. The van der Waals surface area contributed by atoms with Crippen LogP contribution in [0.1, 0.15) is 65.7 Å². The molecule has 0 spiro atoms. The average Bonchev–Trinajstić information content (AvgIpc) is 3.22. The number of amidine groups is 2. The number of nitrogens with zero attached hydrogens (tertiary/aromatic N) is 2. The molecule has 32 heavy (non-hydrogen) atoms. The monoisotopic (exact) mass is 451 g/mol. The first-order valence-electron chi connectivity index (χ1n) is 11.5. The molecule has 4 aliphatic rings. The molecule has 1 saturated carbocycles. The highest BCUT2D eigenvalue weighted by atomic mass is 19.4. The predicted octanol–water partition coefficient (Wildman–Crippen LogP) is 4.58. The fourth-order valence-corrected chi connectivity index (χ4v) is 5.41. The van der Waals surface area contributed by atoms with Crippen LogP contribution in [-0.2, 0) is 0 Å². The van der Waals surface area contributed by atoms with Crippen LogP contribution in [0.15, 0.2) is 44.6 Å². The van der Waals surface area contributed by atoms with Crippen LogP contribution in [0.25, 0.3) is 0 Å². The van der Waals surface area contributed by atoms with Gasteiger partial charge in [0.15, 0.2) is 0 Å². The molecule has 5 nitrogen and oxygen atoms in total. The zero-order valence-corrected chi connectivity index (χ0v) is 18.8. The highest BCUT2D eigenvalue weighted by Crippen LogP contribution is 2.43. The number of aliphatic hydroxyl groups is 2. The number of nitrogens with one attached hydrogen (secondary N) is 1. The Bertz CT molecular complexity index is 921. The van der Waals surface area contributed by atoms with Crippen LogP contribution in [-0.4, -0.2) is 45.8 Å². The second-order valence-corrected chi connectivity index (χ2v) is 9.74. The first-order chi connectivity index (χ1) is 15.0. The minimum atomic E-state index is -4.26. The van der Waals surface area contributed by atoms with Crippen molar-refractivity contribution in [3.8, 4) is 0 Å². The van der Waals surface area contributed by atoms with Gasteiger partial charge in [-0.1, -0.05) is 12.2 Å². The second-order valence-electron chi connectivity index (χ2n) is 9.74. The van der Waals surface area contributed by atoms with Gasteiger partial charge in [0.05, 0.1) is 23.3 Å². The molecule has 1 aliphatic heterocycles. The Morgan fingerprint density at radius 2 is 1.84 bits per heavy atom. The smallest absolute Gasteiger partial charge is 0.393 e. The SMILES string of the molecule is CC1=NC2=C(C)C=C(C3(O)CCC(O)CC3)CC2C(NC(C)C2C=C(C(F)(F)F)CC2)=N1. The van der Waals surface area contributed by atoms with Gasteiger partial charge in [0.1, 0.15) is 11.7 Å². The van der Waals surface area contributed by atoms with Gasteiger partial charge in [0, 0.05) is 11.6 Å². The molecule has 4 rings (SSSR count). The van der Waals surface area contributed by atoms with E-state index in [1.807, 2.05) is 26.8 Å². The molecule has 0 saturated heterocycles. The summed E-state index contributed by atoms with van der Waals surface area (Å²) >= 11 is 0. The number of allylic oxidation sites excluding steroid dienone is 3. The molecule has 0 bridgehead atoms. The molecule has 8 heteroatoms. The number of aliphatic hydroxyl groups excluding tert-OH is 1. The summed E-state index contributed by atoms with van der Waals surface area (Å²) in [6.07, 6.45) is 1.97. The molecule has 3 unspecified atom stereocenters. The van der Waals surface area contributed by atoms with Crippen molar-refractivity contribution in [1.82, 2.24) is 5.32 Å². The Labute approximate surface area is 186 Å². The fraction of sp³-hybridized carbons (Fsp3) is 0.667. The molecule has 1 heterocycles.